The highest BCUT2D eigenvalue weighted by Gasteiger charge is 2.48. The van der Waals surface area contributed by atoms with Gasteiger partial charge in [-0.05, 0) is 85.5 Å². The van der Waals surface area contributed by atoms with Crippen molar-refractivity contribution in [1.82, 2.24) is 24.9 Å². The molecule has 2 aromatic rings. The van der Waals surface area contributed by atoms with Crippen molar-refractivity contribution >= 4 is 5.78 Å². The van der Waals surface area contributed by atoms with Crippen LogP contribution in [0, 0.1) is 0 Å². The molecule has 2 aromatic heterocycles. The van der Waals surface area contributed by atoms with Gasteiger partial charge >= 0.3 is 0 Å². The summed E-state index contributed by atoms with van der Waals surface area (Å²) in [5, 5.41) is 4.52. The Morgan fingerprint density at radius 2 is 1.94 bits per heavy atom. The first-order chi connectivity index (χ1) is 17.4. The first-order valence-electron chi connectivity index (χ1n) is 13.9. The molecule has 1 saturated carbocycles. The second-order valence-electron chi connectivity index (χ2n) is 11.6. The third-order valence-electron chi connectivity index (χ3n) is 9.21. The van der Waals surface area contributed by atoms with Gasteiger partial charge in [0.05, 0.1) is 11.1 Å². The van der Waals surface area contributed by atoms with E-state index in [1.54, 1.807) is 0 Å². The lowest BCUT2D eigenvalue weighted by Crippen LogP contribution is -2.41. The van der Waals surface area contributed by atoms with Gasteiger partial charge in [-0.1, -0.05) is 11.6 Å². The van der Waals surface area contributed by atoms with E-state index in [0.29, 0.717) is 41.6 Å². The zero-order chi connectivity index (χ0) is 24.9. The number of Topliss-reactive ketones (excluding diaryl/α,β-unsaturated/α-hetero) is 1. The topological polar surface area (TPSA) is 84.6 Å². The number of likely N-dealkylation sites (N-methyl/N-ethyl adjacent to an activating group) is 2. The highest BCUT2D eigenvalue weighted by atomic mass is 16.5. The summed E-state index contributed by atoms with van der Waals surface area (Å²) in [6.45, 7) is 5.30. The van der Waals surface area contributed by atoms with Crippen LogP contribution in [0.15, 0.2) is 10.6 Å². The molecule has 2 aliphatic carbocycles. The Bertz CT molecular complexity index is 1130. The molecular formula is C28H39N5O3. The highest BCUT2D eigenvalue weighted by molar-refractivity contribution is 5.91. The molecule has 4 aliphatic rings. The molecule has 6 rings (SSSR count). The number of ether oxygens (including phenoxy) is 1. The van der Waals surface area contributed by atoms with Crippen molar-refractivity contribution in [2.75, 3.05) is 33.7 Å². The van der Waals surface area contributed by atoms with Gasteiger partial charge in [-0.25, -0.2) is 4.98 Å². The Morgan fingerprint density at radius 1 is 1.08 bits per heavy atom. The Labute approximate surface area is 213 Å². The Morgan fingerprint density at radius 3 is 2.69 bits per heavy atom. The molecule has 0 bridgehead atoms. The van der Waals surface area contributed by atoms with Gasteiger partial charge in [-0.2, -0.15) is 4.98 Å². The number of hydrogen-bond donors (Lipinski definition) is 0. The molecule has 194 valence electrons. The Balaban J connectivity index is 1.38. The van der Waals surface area contributed by atoms with Crippen LogP contribution in [0.25, 0.3) is 11.5 Å². The first kappa shape index (κ1) is 24.0. The maximum Gasteiger partial charge on any atom is 0.217 e. The van der Waals surface area contributed by atoms with Gasteiger partial charge in [0, 0.05) is 36.6 Å². The standard InChI is InChI=1S/C28H39N5O3/c1-18(22-9-7-14-33(22)3)35-24-16-21(19-11-15-32(2)17-19)29-27(30-24)25-20-8-6-13-28(26(20)36-31-25)12-5-4-10-23(28)34/h16,18-19,22H,4-15,17H2,1-3H3/t18-,19+,22-,28+/m0/s1. The van der Waals surface area contributed by atoms with Crippen LogP contribution in [0.5, 0.6) is 5.88 Å². The second kappa shape index (κ2) is 9.53. The molecule has 4 atom stereocenters. The number of aromatic nitrogens is 3. The summed E-state index contributed by atoms with van der Waals surface area (Å²) in [6.07, 6.45) is 9.68. The molecule has 0 aromatic carbocycles. The van der Waals surface area contributed by atoms with E-state index in [1.807, 2.05) is 6.07 Å². The van der Waals surface area contributed by atoms with E-state index in [0.717, 1.165) is 88.0 Å². The number of carbonyl (C=O) groups excluding carboxylic acids is 1. The average molecular weight is 494 g/mol. The first-order valence-corrected chi connectivity index (χ1v) is 13.9. The van der Waals surface area contributed by atoms with E-state index in [-0.39, 0.29) is 6.10 Å². The molecule has 8 heteroatoms. The van der Waals surface area contributed by atoms with Gasteiger partial charge in [0.1, 0.15) is 11.9 Å². The summed E-state index contributed by atoms with van der Waals surface area (Å²) < 4.78 is 12.5. The molecule has 2 saturated heterocycles. The third kappa shape index (κ3) is 4.16. The lowest BCUT2D eigenvalue weighted by atomic mass is 9.64. The van der Waals surface area contributed by atoms with Crippen LogP contribution >= 0.6 is 0 Å². The van der Waals surface area contributed by atoms with Crippen molar-refractivity contribution in [2.45, 2.75) is 94.6 Å². The largest absolute Gasteiger partial charge is 0.473 e. The fourth-order valence-corrected chi connectivity index (χ4v) is 7.16. The van der Waals surface area contributed by atoms with Gasteiger partial charge in [-0.15, -0.1) is 0 Å². The molecule has 0 N–H and O–H groups in total. The van der Waals surface area contributed by atoms with Gasteiger partial charge in [0.2, 0.25) is 5.88 Å². The Hall–Kier alpha value is -2.32. The monoisotopic (exact) mass is 493 g/mol. The smallest absolute Gasteiger partial charge is 0.217 e. The van der Waals surface area contributed by atoms with E-state index >= 15 is 0 Å². The number of hydrogen-bond acceptors (Lipinski definition) is 8. The summed E-state index contributed by atoms with van der Waals surface area (Å²) >= 11 is 0. The number of carbonyl (C=O) groups is 1. The van der Waals surface area contributed by atoms with Crippen molar-refractivity contribution in [3.63, 3.8) is 0 Å². The molecule has 2 aliphatic heterocycles. The van der Waals surface area contributed by atoms with Gasteiger partial charge < -0.3 is 14.2 Å². The predicted molar refractivity (Wildman–Crippen MR) is 136 cm³/mol. The second-order valence-corrected chi connectivity index (χ2v) is 11.6. The van der Waals surface area contributed by atoms with Gasteiger partial charge in [0.25, 0.3) is 0 Å². The number of ketones is 1. The number of likely N-dealkylation sites (tertiary alicyclic amines) is 2. The number of nitrogens with zero attached hydrogens (tertiary/aromatic N) is 5. The van der Waals surface area contributed by atoms with E-state index < -0.39 is 5.41 Å². The maximum absolute atomic E-state index is 13.1. The van der Waals surface area contributed by atoms with Crippen molar-refractivity contribution in [1.29, 1.82) is 0 Å². The minimum Gasteiger partial charge on any atom is -0.473 e. The summed E-state index contributed by atoms with van der Waals surface area (Å²) in [5.74, 6) is 2.64. The fourth-order valence-electron chi connectivity index (χ4n) is 7.16. The minimum atomic E-state index is -0.496. The molecule has 4 heterocycles. The lowest BCUT2D eigenvalue weighted by Gasteiger charge is -2.36. The SMILES string of the molecule is C[C@H](Oc1cc([C@@H]2CCN(C)C2)nc(-c2noc3c2CCC[C@@]32CCCCC2=O)n1)[C@@H]1CCCN1C. The van der Waals surface area contributed by atoms with Crippen LogP contribution in [-0.2, 0) is 16.6 Å². The van der Waals surface area contributed by atoms with Crippen molar-refractivity contribution in [3.05, 3.63) is 23.1 Å². The average Bonchev–Trinajstić information content (AvgIpc) is 3.61. The van der Waals surface area contributed by atoms with Crippen molar-refractivity contribution < 1.29 is 14.1 Å². The van der Waals surface area contributed by atoms with E-state index in [9.17, 15) is 4.79 Å². The van der Waals surface area contributed by atoms with Crippen LogP contribution < -0.4 is 4.74 Å². The molecule has 36 heavy (non-hydrogen) atoms. The van der Waals surface area contributed by atoms with Crippen molar-refractivity contribution in [2.24, 2.45) is 0 Å². The van der Waals surface area contributed by atoms with Crippen LogP contribution in [0.2, 0.25) is 0 Å². The summed E-state index contributed by atoms with van der Waals surface area (Å²) in [6, 6.07) is 2.43. The fraction of sp³-hybridized carbons (Fsp3) is 0.714. The molecule has 8 nitrogen and oxygen atoms in total. The number of rotatable bonds is 5. The molecular weight excluding hydrogens is 454 g/mol. The van der Waals surface area contributed by atoms with Gasteiger partial charge in [0.15, 0.2) is 17.3 Å². The van der Waals surface area contributed by atoms with Crippen LogP contribution in [0.3, 0.4) is 0 Å². The predicted octanol–water partition coefficient (Wildman–Crippen LogP) is 4.13. The Kier molecular flexibility index (Phi) is 6.36. The highest BCUT2D eigenvalue weighted by Crippen LogP contribution is 2.47. The van der Waals surface area contributed by atoms with Crippen LogP contribution in [-0.4, -0.2) is 76.6 Å². The van der Waals surface area contributed by atoms with Crippen molar-refractivity contribution in [3.8, 4) is 17.4 Å². The van der Waals surface area contributed by atoms with E-state index in [2.05, 4.69) is 36.0 Å². The number of fused-ring (bicyclic) bond motifs is 2. The molecule has 0 amide bonds. The molecule has 0 unspecified atom stereocenters. The summed E-state index contributed by atoms with van der Waals surface area (Å²) in [7, 11) is 4.33. The van der Waals surface area contributed by atoms with E-state index in [4.69, 9.17) is 19.2 Å². The zero-order valence-electron chi connectivity index (χ0n) is 22.0. The van der Waals surface area contributed by atoms with Crippen LogP contribution in [0.4, 0.5) is 0 Å². The van der Waals surface area contributed by atoms with Crippen LogP contribution in [0.1, 0.15) is 87.6 Å². The normalized spacial score (nSPS) is 30.1. The van der Waals surface area contributed by atoms with Gasteiger partial charge in [-0.3, -0.25) is 9.69 Å². The summed E-state index contributed by atoms with van der Waals surface area (Å²) in [4.78, 5) is 27.8. The zero-order valence-corrected chi connectivity index (χ0v) is 22.0. The molecule has 3 fully saturated rings. The molecule has 0 radical (unpaired) electrons. The summed E-state index contributed by atoms with van der Waals surface area (Å²) in [5.41, 5.74) is 2.25. The minimum absolute atomic E-state index is 0.0358. The third-order valence-corrected chi connectivity index (χ3v) is 9.21. The quantitative estimate of drug-likeness (QED) is 0.615. The van der Waals surface area contributed by atoms with E-state index in [1.165, 1.54) is 6.42 Å². The lowest BCUT2D eigenvalue weighted by molar-refractivity contribution is -0.128. The maximum atomic E-state index is 13.1. The molecule has 1 spiro atoms.